The Labute approximate surface area is 476 Å². The Morgan fingerprint density at radius 3 is 1.49 bits per heavy atom. The van der Waals surface area contributed by atoms with Crippen LogP contribution in [0.5, 0.6) is 23.0 Å². The molecule has 74 heavy (non-hydrogen) atoms. The first-order valence-electron chi connectivity index (χ1n) is 22.3. The number of likely N-dealkylation sites (N-methyl/N-ethyl adjacent to an activating group) is 2. The van der Waals surface area contributed by atoms with Crippen molar-refractivity contribution in [2.75, 3.05) is 93.7 Å². The molecule has 6 rings (SSSR count). The Morgan fingerprint density at radius 2 is 1.12 bits per heavy atom. The van der Waals surface area contributed by atoms with Crippen LogP contribution in [0.3, 0.4) is 0 Å². The van der Waals surface area contributed by atoms with Crippen molar-refractivity contribution >= 4 is 66.0 Å². The summed E-state index contributed by atoms with van der Waals surface area (Å²) in [5.41, 5.74) is 10.5. The first-order valence-corrected chi connectivity index (χ1v) is 25.4. The Kier molecular flexibility index (Phi) is 25.9. The van der Waals surface area contributed by atoms with Crippen molar-refractivity contribution in [2.24, 2.45) is 12.0 Å². The maximum atomic E-state index is 13.3. The van der Waals surface area contributed by atoms with Gasteiger partial charge in [-0.05, 0) is 45.0 Å². The van der Waals surface area contributed by atoms with Crippen molar-refractivity contribution in [3.05, 3.63) is 107 Å². The normalized spacial score (nSPS) is 13.6. The summed E-state index contributed by atoms with van der Waals surface area (Å²) in [7, 11) is 0.494. The van der Waals surface area contributed by atoms with Crippen LogP contribution < -0.4 is 104 Å². The number of aromatic nitrogens is 2. The van der Waals surface area contributed by atoms with Crippen LogP contribution in [-0.4, -0.2) is 153 Å². The van der Waals surface area contributed by atoms with E-state index in [1.807, 2.05) is 88.5 Å². The van der Waals surface area contributed by atoms with Crippen LogP contribution >= 0.6 is 0 Å². The van der Waals surface area contributed by atoms with E-state index in [2.05, 4.69) is 4.99 Å². The topological polar surface area (TPSA) is 287 Å². The fraction of sp³-hybridized carbons (Fsp3) is 0.375. The molecule has 4 aromatic carbocycles. The van der Waals surface area contributed by atoms with Crippen LogP contribution in [-0.2, 0) is 32.1 Å². The molecule has 0 saturated heterocycles. The van der Waals surface area contributed by atoms with Gasteiger partial charge in [0.05, 0.1) is 83.8 Å². The molecule has 5 aromatic rings. The molecular formula is C48H63N8Na2O14S2+. The molecule has 4 N–H and O–H groups in total. The van der Waals surface area contributed by atoms with E-state index in [0.717, 1.165) is 11.4 Å². The summed E-state index contributed by atoms with van der Waals surface area (Å²) in [6.45, 7) is 8.13. The second-order valence-corrected chi connectivity index (χ2v) is 19.0. The van der Waals surface area contributed by atoms with Gasteiger partial charge in [-0.25, -0.2) is 26.5 Å². The van der Waals surface area contributed by atoms with E-state index >= 15 is 0 Å². The van der Waals surface area contributed by atoms with E-state index in [4.69, 9.17) is 24.7 Å². The van der Waals surface area contributed by atoms with Crippen molar-refractivity contribution in [3.8, 4) is 28.7 Å². The van der Waals surface area contributed by atoms with Crippen molar-refractivity contribution < 1.29 is 124 Å². The molecule has 0 spiro atoms. The molecule has 26 heteroatoms. The number of hydrazine groups is 1. The predicted molar refractivity (Wildman–Crippen MR) is 274 cm³/mol. The smallest absolute Gasteiger partial charge is 0.748 e. The minimum absolute atomic E-state index is 0. The minimum Gasteiger partial charge on any atom is -0.748 e. The average Bonchev–Trinajstić information content (AvgIpc) is 3.67. The number of anilines is 4. The number of carbonyl (C=O) groups excluding carboxylic acids is 1. The van der Waals surface area contributed by atoms with Gasteiger partial charge in [0.25, 0.3) is 5.56 Å². The maximum absolute atomic E-state index is 13.3. The van der Waals surface area contributed by atoms with Gasteiger partial charge in [-0.2, -0.15) is 0 Å². The molecule has 392 valence electrons. The number of nitrogens with two attached hydrogens (primary N) is 1. The van der Waals surface area contributed by atoms with Gasteiger partial charge >= 0.3 is 65.0 Å². The number of aliphatic hydroxyl groups is 2. The second kappa shape index (κ2) is 29.4. The molecule has 0 bridgehead atoms. The van der Waals surface area contributed by atoms with Crippen LogP contribution in [0.4, 0.5) is 28.4 Å². The van der Waals surface area contributed by atoms with Crippen molar-refractivity contribution in [1.29, 1.82) is 0 Å². The Balaban J connectivity index is 0.000000417. The summed E-state index contributed by atoms with van der Waals surface area (Å²) >= 11 is 0. The zero-order chi connectivity index (χ0) is 53.7. The first kappa shape index (κ1) is 65.2. The van der Waals surface area contributed by atoms with Gasteiger partial charge in [-0.15, -0.1) is 4.68 Å². The summed E-state index contributed by atoms with van der Waals surface area (Å²) < 4.78 is 91.6. The third-order valence-electron chi connectivity index (χ3n) is 11.3. The molecule has 1 aromatic heterocycles. The van der Waals surface area contributed by atoms with E-state index in [9.17, 15) is 45.7 Å². The molecule has 1 aliphatic rings. The zero-order valence-electron chi connectivity index (χ0n) is 43.9. The van der Waals surface area contributed by atoms with Crippen LogP contribution in [0, 0.1) is 6.92 Å². The quantitative estimate of drug-likeness (QED) is 0.0424. The maximum Gasteiger partial charge on any atom is 1.00 e. The fourth-order valence-electron chi connectivity index (χ4n) is 7.45. The standard InChI is InChI=1S/C24H30N4O7S.C13H21NO6S.C11H13N3O.2Na/c1-6-27(14-19(29)15-36(31,32)33)18-12-20(34-4)23(21(13-18)35-5)25-22-16(2)26(3)28(24(22)30)17-10-8-7-9-11-17;1-4-14(8-11(15)9-21(16,17)18)10-5-12(19-2)7-13(6-10)20-3;1-8-10(12)11(15)14(13(8)2)9-6-4-3-5-7-9;;/h7-13,19,29H,6,14-15H2,1-5H3;5-7,11,15H,4,8-9H2,1-3H3,(H,16,17,18);3-7H,12H2,1-2H3;;/q;;;2*+1/p-1. The molecule has 0 radical (unpaired) electrons. The number of aliphatic imine (C=N–C) groups is 1. The summed E-state index contributed by atoms with van der Waals surface area (Å²) in [6, 6.07) is 27.1. The number of benzene rings is 4. The van der Waals surface area contributed by atoms with Gasteiger partial charge in [0.15, 0.2) is 7.05 Å². The van der Waals surface area contributed by atoms with Gasteiger partial charge in [0.1, 0.15) is 40.1 Å². The fourth-order valence-corrected chi connectivity index (χ4v) is 8.60. The van der Waals surface area contributed by atoms with Crippen LogP contribution in [0.15, 0.2) is 101 Å². The summed E-state index contributed by atoms with van der Waals surface area (Å²) in [4.78, 5) is 33.2. The summed E-state index contributed by atoms with van der Waals surface area (Å²) in [6.07, 6.45) is -2.64. The van der Waals surface area contributed by atoms with Gasteiger partial charge in [-0.3, -0.25) is 14.3 Å². The van der Waals surface area contributed by atoms with Crippen molar-refractivity contribution in [2.45, 2.75) is 39.9 Å². The third-order valence-corrected chi connectivity index (χ3v) is 12.9. The molecule has 0 fully saturated rings. The number of ether oxygens (including phenoxy) is 4. The number of nitrogen functional groups attached to an aromatic ring is 1. The number of hydrazone groups is 1. The molecule has 2 heterocycles. The van der Waals surface area contributed by atoms with Gasteiger partial charge in [0.2, 0.25) is 11.4 Å². The van der Waals surface area contributed by atoms with Crippen LogP contribution in [0.25, 0.3) is 5.69 Å². The van der Waals surface area contributed by atoms with E-state index < -0.39 is 43.9 Å². The van der Waals surface area contributed by atoms with Gasteiger partial charge in [0, 0.05) is 81.9 Å². The third kappa shape index (κ3) is 17.6. The molecule has 22 nitrogen and oxygen atoms in total. The number of carbonyl (C=O) groups is 1. The van der Waals surface area contributed by atoms with Crippen LogP contribution in [0.2, 0.25) is 0 Å². The second-order valence-electron chi connectivity index (χ2n) is 16.1. The number of methoxy groups -OCH3 is 4. The Hall–Kier alpha value is -4.96. The number of nitrogens with zero attached hydrogens (tertiary/aromatic N) is 7. The van der Waals surface area contributed by atoms with Crippen molar-refractivity contribution in [3.63, 3.8) is 0 Å². The predicted octanol–water partition coefficient (Wildman–Crippen LogP) is -2.92. The number of amides is 1. The number of aliphatic hydroxyl groups excluding tert-OH is 2. The van der Waals surface area contributed by atoms with Gasteiger partial charge < -0.3 is 53.8 Å². The minimum atomic E-state index is -4.58. The number of rotatable bonds is 19. The molecule has 0 saturated carbocycles. The number of para-hydroxylation sites is 2. The molecule has 2 unspecified atom stereocenters. The summed E-state index contributed by atoms with van der Waals surface area (Å²) in [5.74, 6) is -0.254. The first-order chi connectivity index (χ1) is 33.9. The number of hydrogen-bond acceptors (Lipinski definition) is 18. The average molecular weight is 1090 g/mol. The largest absolute Gasteiger partial charge is 1.00 e. The van der Waals surface area contributed by atoms with E-state index in [1.54, 1.807) is 68.2 Å². The van der Waals surface area contributed by atoms with Gasteiger partial charge in [-0.1, -0.05) is 41.4 Å². The molecular weight excluding hydrogens is 1020 g/mol. The molecule has 1 amide bonds. The molecule has 1 aliphatic heterocycles. The zero-order valence-corrected chi connectivity index (χ0v) is 49.5. The van der Waals surface area contributed by atoms with E-state index in [0.29, 0.717) is 70.2 Å². The monoisotopic (exact) mass is 1090 g/mol. The number of hydrogen-bond donors (Lipinski definition) is 3. The van der Waals surface area contributed by atoms with E-state index in [-0.39, 0.29) is 89.4 Å². The molecule has 2 atom stereocenters. The SMILES string of the molecule is CCN(CC(O)CS(=O)(=O)[O-])c1cc(OC)c(N=C2C(=O)N(c3ccccc3)[N+](C)=C2C)c(OC)c1.CCN(CC(O)CS(=O)(=O)[O-])c1cc(OC)cc(OC)c1.Cc1c(N)c(=O)n(-c2ccccc2)n1C.[Na+].[Na+]. The Morgan fingerprint density at radius 1 is 0.703 bits per heavy atom. The Bertz CT molecular complexity index is 2970. The van der Waals surface area contributed by atoms with Crippen molar-refractivity contribution in [1.82, 2.24) is 9.36 Å². The van der Waals surface area contributed by atoms with Crippen LogP contribution in [0.1, 0.15) is 26.5 Å². The van der Waals surface area contributed by atoms with E-state index in [1.165, 1.54) is 33.4 Å². The summed E-state index contributed by atoms with van der Waals surface area (Å²) in [5, 5.41) is 21.3. The molecule has 0 aliphatic carbocycles.